The first-order valence-corrected chi connectivity index (χ1v) is 6.64. The average molecular weight is 241 g/mol. The van der Waals surface area contributed by atoms with Gasteiger partial charge in [-0.1, -0.05) is 35.9 Å². The fourth-order valence-corrected chi connectivity index (χ4v) is 2.71. The first-order valence-electron chi connectivity index (χ1n) is 4.37. The summed E-state index contributed by atoms with van der Waals surface area (Å²) >= 11 is 5.98. The second-order valence-electron chi connectivity index (χ2n) is 3.36. The third kappa shape index (κ3) is 1.85. The highest BCUT2D eigenvalue weighted by atomic mass is 35.5. The molecule has 4 heteroatoms. The number of rotatable bonds is 1. The van der Waals surface area contributed by atoms with Crippen molar-refractivity contribution >= 4 is 32.2 Å². The van der Waals surface area contributed by atoms with Gasteiger partial charge in [0.15, 0.2) is 9.84 Å². The molecule has 0 unspecified atom stereocenters. The summed E-state index contributed by atoms with van der Waals surface area (Å²) in [6.45, 7) is 0. The van der Waals surface area contributed by atoms with E-state index in [0.717, 1.165) is 5.39 Å². The maximum atomic E-state index is 11.5. The summed E-state index contributed by atoms with van der Waals surface area (Å²) in [5.41, 5.74) is 0. The van der Waals surface area contributed by atoms with Crippen molar-refractivity contribution in [3.63, 3.8) is 0 Å². The fourth-order valence-electron chi connectivity index (χ4n) is 1.57. The van der Waals surface area contributed by atoms with Gasteiger partial charge in [-0.3, -0.25) is 0 Å². The quantitative estimate of drug-likeness (QED) is 0.768. The maximum Gasteiger partial charge on any atom is 0.176 e. The Bertz CT molecular complexity index is 618. The van der Waals surface area contributed by atoms with Gasteiger partial charge >= 0.3 is 0 Å². The van der Waals surface area contributed by atoms with Crippen molar-refractivity contribution in [1.29, 1.82) is 0 Å². The van der Waals surface area contributed by atoms with E-state index >= 15 is 0 Å². The van der Waals surface area contributed by atoms with Crippen molar-refractivity contribution in [3.8, 4) is 0 Å². The molecular weight excluding hydrogens is 232 g/mol. The molecule has 0 saturated carbocycles. The van der Waals surface area contributed by atoms with E-state index in [9.17, 15) is 8.42 Å². The molecule has 0 aliphatic carbocycles. The molecule has 2 aromatic carbocycles. The summed E-state index contributed by atoms with van der Waals surface area (Å²) in [6, 6.07) is 10.4. The third-order valence-electron chi connectivity index (χ3n) is 2.23. The lowest BCUT2D eigenvalue weighted by molar-refractivity contribution is 0.602. The van der Waals surface area contributed by atoms with Gasteiger partial charge < -0.3 is 0 Å². The first-order chi connectivity index (χ1) is 7.00. The summed E-state index contributed by atoms with van der Waals surface area (Å²) < 4.78 is 23.0. The molecule has 0 fully saturated rings. The lowest BCUT2D eigenvalue weighted by Gasteiger charge is -2.05. The molecule has 0 aliphatic heterocycles. The third-order valence-corrected chi connectivity index (χ3v) is 3.71. The van der Waals surface area contributed by atoms with Crippen molar-refractivity contribution in [1.82, 2.24) is 0 Å². The van der Waals surface area contributed by atoms with Gasteiger partial charge in [0, 0.05) is 22.1 Å². The Kier molecular flexibility index (Phi) is 2.44. The Morgan fingerprint density at radius 2 is 1.60 bits per heavy atom. The molecule has 0 N–H and O–H groups in total. The van der Waals surface area contributed by atoms with E-state index in [0.29, 0.717) is 15.3 Å². The second-order valence-corrected chi connectivity index (χ2v) is 5.75. The number of sulfone groups is 1. The molecule has 15 heavy (non-hydrogen) atoms. The molecule has 0 atom stereocenters. The summed E-state index contributed by atoms with van der Waals surface area (Å²) in [7, 11) is -3.20. The number of hydrogen-bond acceptors (Lipinski definition) is 2. The van der Waals surface area contributed by atoms with Crippen molar-refractivity contribution in [2.45, 2.75) is 4.90 Å². The lowest BCUT2D eigenvalue weighted by atomic mass is 10.1. The predicted molar refractivity (Wildman–Crippen MR) is 62.1 cm³/mol. The molecule has 2 aromatic rings. The number of benzene rings is 2. The average Bonchev–Trinajstić information content (AvgIpc) is 2.16. The lowest BCUT2D eigenvalue weighted by Crippen LogP contribution is -1.97. The van der Waals surface area contributed by atoms with Crippen LogP contribution in [0.1, 0.15) is 0 Å². The van der Waals surface area contributed by atoms with Crippen LogP contribution in [0.5, 0.6) is 0 Å². The SMILES string of the molecule is CS(=O)(=O)c1cccc2c(Cl)cccc12. The molecule has 0 aliphatic rings. The van der Waals surface area contributed by atoms with Crippen LogP contribution >= 0.6 is 11.6 Å². The highest BCUT2D eigenvalue weighted by Crippen LogP contribution is 2.28. The van der Waals surface area contributed by atoms with Crippen LogP contribution in [0.15, 0.2) is 41.3 Å². The van der Waals surface area contributed by atoms with E-state index in [-0.39, 0.29) is 0 Å². The minimum absolute atomic E-state index is 0.322. The smallest absolute Gasteiger partial charge is 0.176 e. The van der Waals surface area contributed by atoms with Crippen LogP contribution in [0.25, 0.3) is 10.8 Å². The summed E-state index contributed by atoms with van der Waals surface area (Å²) in [5, 5.41) is 2.01. The van der Waals surface area contributed by atoms with Gasteiger partial charge in [0.2, 0.25) is 0 Å². The highest BCUT2D eigenvalue weighted by Gasteiger charge is 2.11. The Labute approximate surface area is 93.4 Å². The summed E-state index contributed by atoms with van der Waals surface area (Å²) in [5.74, 6) is 0. The molecule has 2 nitrogen and oxygen atoms in total. The Hall–Kier alpha value is -1.06. The molecule has 2 rings (SSSR count). The zero-order valence-electron chi connectivity index (χ0n) is 8.07. The zero-order valence-corrected chi connectivity index (χ0v) is 9.64. The van der Waals surface area contributed by atoms with Crippen LogP contribution in [0.3, 0.4) is 0 Å². The van der Waals surface area contributed by atoms with Gasteiger partial charge in [-0.15, -0.1) is 0 Å². The standard InChI is InChI=1S/C11H9ClO2S/c1-15(13,14)11-7-3-4-8-9(11)5-2-6-10(8)12/h2-7H,1H3. The van der Waals surface area contributed by atoms with Crippen molar-refractivity contribution in [2.75, 3.05) is 6.26 Å². The molecule has 78 valence electrons. The molecule has 0 amide bonds. The molecule has 0 spiro atoms. The number of fused-ring (bicyclic) bond motifs is 1. The molecular formula is C11H9ClO2S. The van der Waals surface area contributed by atoms with Crippen LogP contribution in [-0.2, 0) is 9.84 Å². The highest BCUT2D eigenvalue weighted by molar-refractivity contribution is 7.91. The number of halogens is 1. The number of hydrogen-bond donors (Lipinski definition) is 0. The van der Waals surface area contributed by atoms with Gasteiger partial charge in [-0.25, -0.2) is 8.42 Å². The van der Waals surface area contributed by atoms with Crippen LogP contribution in [0, 0.1) is 0 Å². The summed E-state index contributed by atoms with van der Waals surface area (Å²) in [4.78, 5) is 0.322. The minimum Gasteiger partial charge on any atom is -0.224 e. The van der Waals surface area contributed by atoms with E-state index in [2.05, 4.69) is 0 Å². The predicted octanol–water partition coefficient (Wildman–Crippen LogP) is 2.90. The first kappa shape index (κ1) is 10.5. The minimum atomic E-state index is -3.20. The van der Waals surface area contributed by atoms with Crippen LogP contribution in [0.2, 0.25) is 5.02 Å². The van der Waals surface area contributed by atoms with Gasteiger partial charge in [0.1, 0.15) is 0 Å². The van der Waals surface area contributed by atoms with E-state index in [1.165, 1.54) is 6.26 Å². The van der Waals surface area contributed by atoms with Crippen LogP contribution < -0.4 is 0 Å². The second kappa shape index (κ2) is 3.51. The molecule has 0 bridgehead atoms. The molecule has 0 radical (unpaired) electrons. The fraction of sp³-hybridized carbons (Fsp3) is 0.0909. The Balaban J connectivity index is 2.96. The normalized spacial score (nSPS) is 11.9. The maximum absolute atomic E-state index is 11.5. The van der Waals surface area contributed by atoms with Crippen molar-refractivity contribution in [2.24, 2.45) is 0 Å². The van der Waals surface area contributed by atoms with Crippen molar-refractivity contribution < 1.29 is 8.42 Å². The largest absolute Gasteiger partial charge is 0.224 e. The Morgan fingerprint density at radius 1 is 1.00 bits per heavy atom. The molecule has 0 heterocycles. The van der Waals surface area contributed by atoms with E-state index < -0.39 is 9.84 Å². The van der Waals surface area contributed by atoms with Gasteiger partial charge in [-0.2, -0.15) is 0 Å². The van der Waals surface area contributed by atoms with E-state index in [1.54, 1.807) is 30.3 Å². The zero-order chi connectivity index (χ0) is 11.1. The van der Waals surface area contributed by atoms with Gasteiger partial charge in [0.25, 0.3) is 0 Å². The van der Waals surface area contributed by atoms with E-state index in [4.69, 9.17) is 11.6 Å². The van der Waals surface area contributed by atoms with Crippen LogP contribution in [0.4, 0.5) is 0 Å². The molecule has 0 saturated heterocycles. The van der Waals surface area contributed by atoms with Crippen LogP contribution in [-0.4, -0.2) is 14.7 Å². The van der Waals surface area contributed by atoms with Gasteiger partial charge in [0.05, 0.1) is 4.90 Å². The Morgan fingerprint density at radius 3 is 2.27 bits per heavy atom. The van der Waals surface area contributed by atoms with Gasteiger partial charge in [-0.05, 0) is 12.1 Å². The molecule has 0 aromatic heterocycles. The summed E-state index contributed by atoms with van der Waals surface area (Å²) in [6.07, 6.45) is 1.20. The van der Waals surface area contributed by atoms with Crippen molar-refractivity contribution in [3.05, 3.63) is 41.4 Å². The monoisotopic (exact) mass is 240 g/mol. The van der Waals surface area contributed by atoms with E-state index in [1.807, 2.05) is 6.07 Å². The topological polar surface area (TPSA) is 34.1 Å².